The number of carbonyl (C=O) groups excluding carboxylic acids is 1. The molecule has 0 radical (unpaired) electrons. The third kappa shape index (κ3) is 4.10. The fourth-order valence-corrected chi connectivity index (χ4v) is 2.28. The molecule has 94 valence electrons. The molecule has 3 N–H and O–H groups in total. The number of nitrogens with one attached hydrogen (secondary N) is 1. The molecule has 16 heavy (non-hydrogen) atoms. The second-order valence-electron chi connectivity index (χ2n) is 5.82. The zero-order valence-electron chi connectivity index (χ0n) is 10.8. The lowest BCUT2D eigenvalue weighted by molar-refractivity contribution is -0.121. The lowest BCUT2D eigenvalue weighted by Gasteiger charge is -2.27. The highest BCUT2D eigenvalue weighted by Crippen LogP contribution is 2.33. The van der Waals surface area contributed by atoms with Crippen LogP contribution in [0.15, 0.2) is 0 Å². The van der Waals surface area contributed by atoms with Crippen molar-refractivity contribution in [3.63, 3.8) is 0 Å². The molecule has 1 saturated heterocycles. The van der Waals surface area contributed by atoms with Crippen molar-refractivity contribution in [3.05, 3.63) is 0 Å². The van der Waals surface area contributed by atoms with Crippen molar-refractivity contribution in [3.8, 4) is 0 Å². The van der Waals surface area contributed by atoms with Crippen LogP contribution in [0.3, 0.4) is 0 Å². The Bertz CT molecular complexity index is 235. The van der Waals surface area contributed by atoms with Crippen LogP contribution < -0.4 is 11.3 Å². The minimum Gasteiger partial charge on any atom is -0.303 e. The quantitative estimate of drug-likeness (QED) is 0.430. The van der Waals surface area contributed by atoms with E-state index in [9.17, 15) is 4.79 Å². The number of rotatable bonds is 4. The average Bonchev–Trinajstić information content (AvgIpc) is 2.65. The molecular weight excluding hydrogens is 202 g/mol. The molecule has 1 amide bonds. The van der Waals surface area contributed by atoms with E-state index in [1.165, 1.54) is 19.5 Å². The predicted molar refractivity (Wildman–Crippen MR) is 65.6 cm³/mol. The molecule has 1 unspecified atom stereocenters. The van der Waals surface area contributed by atoms with Crippen LogP contribution in [0.1, 0.15) is 40.0 Å². The van der Waals surface area contributed by atoms with E-state index in [1.807, 2.05) is 0 Å². The highest BCUT2D eigenvalue weighted by Gasteiger charge is 2.31. The van der Waals surface area contributed by atoms with Gasteiger partial charge in [0, 0.05) is 13.0 Å². The molecule has 0 aliphatic carbocycles. The number of nitrogens with two attached hydrogens (primary N) is 1. The average molecular weight is 227 g/mol. The highest BCUT2D eigenvalue weighted by molar-refractivity contribution is 5.75. The van der Waals surface area contributed by atoms with Crippen molar-refractivity contribution in [1.29, 1.82) is 0 Å². The highest BCUT2D eigenvalue weighted by atomic mass is 16.2. The minimum absolute atomic E-state index is 0.0634. The van der Waals surface area contributed by atoms with Crippen LogP contribution in [-0.2, 0) is 4.79 Å². The SMILES string of the molecule is CC(C)(C)C1CCN(CCCC(=O)NN)C1. The monoisotopic (exact) mass is 227 g/mol. The summed E-state index contributed by atoms with van der Waals surface area (Å²) in [6.45, 7) is 10.3. The van der Waals surface area contributed by atoms with Crippen LogP contribution in [0.2, 0.25) is 0 Å². The Labute approximate surface area is 98.5 Å². The Morgan fingerprint density at radius 2 is 2.19 bits per heavy atom. The number of likely N-dealkylation sites (tertiary alicyclic amines) is 1. The number of amides is 1. The van der Waals surface area contributed by atoms with E-state index in [0.717, 1.165) is 18.9 Å². The summed E-state index contributed by atoms with van der Waals surface area (Å²) in [5.74, 6) is 5.76. The normalized spacial score (nSPS) is 22.4. The number of nitrogens with zero attached hydrogens (tertiary/aromatic N) is 1. The van der Waals surface area contributed by atoms with Gasteiger partial charge in [-0.2, -0.15) is 0 Å². The minimum atomic E-state index is -0.0634. The molecule has 0 bridgehead atoms. The third-order valence-electron chi connectivity index (χ3n) is 3.54. The first kappa shape index (κ1) is 13.5. The molecule has 4 nitrogen and oxygen atoms in total. The number of carbonyl (C=O) groups is 1. The fourth-order valence-electron chi connectivity index (χ4n) is 2.28. The second kappa shape index (κ2) is 5.64. The number of hydrazine groups is 1. The molecule has 0 saturated carbocycles. The van der Waals surface area contributed by atoms with Gasteiger partial charge in [-0.1, -0.05) is 20.8 Å². The van der Waals surface area contributed by atoms with E-state index in [4.69, 9.17) is 5.84 Å². The van der Waals surface area contributed by atoms with Gasteiger partial charge < -0.3 is 4.90 Å². The lowest BCUT2D eigenvalue weighted by atomic mass is 9.80. The molecule has 1 fully saturated rings. The molecule has 0 aromatic rings. The molecule has 0 spiro atoms. The van der Waals surface area contributed by atoms with Crippen molar-refractivity contribution in [2.45, 2.75) is 40.0 Å². The first-order valence-electron chi connectivity index (χ1n) is 6.15. The van der Waals surface area contributed by atoms with E-state index in [1.54, 1.807) is 0 Å². The van der Waals surface area contributed by atoms with E-state index < -0.39 is 0 Å². The summed E-state index contributed by atoms with van der Waals surface area (Å²) in [6, 6.07) is 0. The summed E-state index contributed by atoms with van der Waals surface area (Å²) >= 11 is 0. The zero-order chi connectivity index (χ0) is 12.2. The van der Waals surface area contributed by atoms with Crippen molar-refractivity contribution in [2.24, 2.45) is 17.2 Å². The molecule has 1 aliphatic rings. The maximum absolute atomic E-state index is 11.0. The van der Waals surface area contributed by atoms with Gasteiger partial charge in [0.25, 0.3) is 0 Å². The summed E-state index contributed by atoms with van der Waals surface area (Å²) in [6.07, 6.45) is 2.72. The standard InChI is InChI=1S/C12H25N3O/c1-12(2,3)10-6-8-15(9-10)7-4-5-11(16)14-13/h10H,4-9,13H2,1-3H3,(H,14,16). The predicted octanol–water partition coefficient (Wildman–Crippen LogP) is 1.12. The van der Waals surface area contributed by atoms with Crippen LogP contribution in [0.25, 0.3) is 0 Å². The molecule has 1 rings (SSSR count). The number of hydrogen-bond donors (Lipinski definition) is 2. The Morgan fingerprint density at radius 1 is 1.50 bits per heavy atom. The van der Waals surface area contributed by atoms with Gasteiger partial charge in [-0.25, -0.2) is 5.84 Å². The molecule has 4 heteroatoms. The van der Waals surface area contributed by atoms with Crippen LogP contribution in [0, 0.1) is 11.3 Å². The van der Waals surface area contributed by atoms with Gasteiger partial charge >= 0.3 is 0 Å². The summed E-state index contributed by atoms with van der Waals surface area (Å²) < 4.78 is 0. The van der Waals surface area contributed by atoms with E-state index >= 15 is 0 Å². The maximum atomic E-state index is 11.0. The fraction of sp³-hybridized carbons (Fsp3) is 0.917. The van der Waals surface area contributed by atoms with Crippen LogP contribution in [0.4, 0.5) is 0 Å². The summed E-state index contributed by atoms with van der Waals surface area (Å²) in [5, 5.41) is 0. The van der Waals surface area contributed by atoms with Gasteiger partial charge in [0.2, 0.25) is 5.91 Å². The zero-order valence-corrected chi connectivity index (χ0v) is 10.8. The van der Waals surface area contributed by atoms with Crippen LogP contribution in [-0.4, -0.2) is 30.4 Å². The molecule has 1 atom stereocenters. The first-order valence-corrected chi connectivity index (χ1v) is 6.15. The Hall–Kier alpha value is -0.610. The van der Waals surface area contributed by atoms with Gasteiger partial charge in [0.15, 0.2) is 0 Å². The Balaban J connectivity index is 2.19. The molecule has 0 aromatic carbocycles. The van der Waals surface area contributed by atoms with Gasteiger partial charge in [-0.3, -0.25) is 10.2 Å². The lowest BCUT2D eigenvalue weighted by Crippen LogP contribution is -2.31. The van der Waals surface area contributed by atoms with Crippen LogP contribution in [0.5, 0.6) is 0 Å². The Kier molecular flexibility index (Phi) is 4.74. The van der Waals surface area contributed by atoms with Crippen molar-refractivity contribution >= 4 is 5.91 Å². The molecular formula is C12H25N3O. The maximum Gasteiger partial charge on any atom is 0.233 e. The third-order valence-corrected chi connectivity index (χ3v) is 3.54. The van der Waals surface area contributed by atoms with Gasteiger partial charge in [-0.05, 0) is 37.3 Å². The summed E-state index contributed by atoms with van der Waals surface area (Å²) in [5.41, 5.74) is 2.57. The Morgan fingerprint density at radius 3 is 2.69 bits per heavy atom. The number of hydrogen-bond acceptors (Lipinski definition) is 3. The van der Waals surface area contributed by atoms with Gasteiger partial charge in [-0.15, -0.1) is 0 Å². The smallest absolute Gasteiger partial charge is 0.233 e. The summed E-state index contributed by atoms with van der Waals surface area (Å²) in [7, 11) is 0. The van der Waals surface area contributed by atoms with E-state index in [0.29, 0.717) is 11.8 Å². The molecule has 0 aromatic heterocycles. The van der Waals surface area contributed by atoms with E-state index in [-0.39, 0.29) is 5.91 Å². The second-order valence-corrected chi connectivity index (χ2v) is 5.82. The molecule has 1 heterocycles. The van der Waals surface area contributed by atoms with Gasteiger partial charge in [0.05, 0.1) is 0 Å². The van der Waals surface area contributed by atoms with Crippen molar-refractivity contribution in [2.75, 3.05) is 19.6 Å². The summed E-state index contributed by atoms with van der Waals surface area (Å²) in [4.78, 5) is 13.4. The largest absolute Gasteiger partial charge is 0.303 e. The van der Waals surface area contributed by atoms with Crippen molar-refractivity contribution < 1.29 is 4.79 Å². The van der Waals surface area contributed by atoms with Gasteiger partial charge in [0.1, 0.15) is 0 Å². The van der Waals surface area contributed by atoms with Crippen LogP contribution >= 0.6 is 0 Å². The topological polar surface area (TPSA) is 58.4 Å². The molecule has 1 aliphatic heterocycles. The van der Waals surface area contributed by atoms with E-state index in [2.05, 4.69) is 31.1 Å². The first-order chi connectivity index (χ1) is 7.43. The van der Waals surface area contributed by atoms with Crippen molar-refractivity contribution in [1.82, 2.24) is 10.3 Å².